The summed E-state index contributed by atoms with van der Waals surface area (Å²) in [5, 5.41) is 4.00. The van der Waals surface area contributed by atoms with Crippen LogP contribution in [0.3, 0.4) is 0 Å². The van der Waals surface area contributed by atoms with Crippen LogP contribution in [0.25, 0.3) is 0 Å². The first-order valence-corrected chi connectivity index (χ1v) is 7.12. The fraction of sp³-hybridized carbons (Fsp3) is 0.400. The average Bonchev–Trinajstić information content (AvgIpc) is 3.07. The molecule has 0 unspecified atom stereocenters. The topological polar surface area (TPSA) is 69.5 Å². The molecule has 0 N–H and O–H groups in total. The normalized spacial score (nSPS) is 17.8. The van der Waals surface area contributed by atoms with Crippen molar-refractivity contribution >= 4 is 5.91 Å². The molecule has 22 heavy (non-hydrogen) atoms. The van der Waals surface area contributed by atoms with Crippen LogP contribution in [-0.4, -0.2) is 51.9 Å². The summed E-state index contributed by atoms with van der Waals surface area (Å²) in [5.74, 6) is 1.40. The van der Waals surface area contributed by atoms with Gasteiger partial charge in [-0.2, -0.15) is 5.10 Å². The van der Waals surface area contributed by atoms with Crippen LogP contribution >= 0.6 is 0 Å². The third-order valence-electron chi connectivity index (χ3n) is 3.61. The molecular weight excluding hydrogens is 284 g/mol. The van der Waals surface area contributed by atoms with E-state index in [-0.39, 0.29) is 12.0 Å². The molecule has 7 nitrogen and oxygen atoms in total. The summed E-state index contributed by atoms with van der Waals surface area (Å²) < 4.78 is 13.1. The molecule has 0 radical (unpaired) electrons. The van der Waals surface area contributed by atoms with Gasteiger partial charge in [-0.05, 0) is 19.1 Å². The predicted octanol–water partition coefficient (Wildman–Crippen LogP) is 1.14. The summed E-state index contributed by atoms with van der Waals surface area (Å²) in [4.78, 5) is 17.9. The highest BCUT2D eigenvalue weighted by Crippen LogP contribution is 2.31. The maximum Gasteiger partial charge on any atom is 0.247 e. The number of carbonyl (C=O) groups is 1. The first kappa shape index (κ1) is 14.4. The van der Waals surface area contributed by atoms with E-state index in [9.17, 15) is 4.79 Å². The minimum absolute atomic E-state index is 0.0482. The Morgan fingerprint density at radius 2 is 2.23 bits per heavy atom. The highest BCUT2D eigenvalue weighted by atomic mass is 16.6. The number of para-hydroxylation sites is 2. The van der Waals surface area contributed by atoms with Gasteiger partial charge in [-0.25, -0.2) is 9.67 Å². The minimum atomic E-state index is -0.399. The van der Waals surface area contributed by atoms with Crippen LogP contribution in [0.15, 0.2) is 36.9 Å². The van der Waals surface area contributed by atoms with Crippen LogP contribution < -0.4 is 9.47 Å². The van der Waals surface area contributed by atoms with E-state index in [1.165, 1.54) is 17.3 Å². The summed E-state index contributed by atoms with van der Waals surface area (Å²) in [6, 6.07) is 7.13. The lowest BCUT2D eigenvalue weighted by Gasteiger charge is -2.30. The molecule has 1 aliphatic rings. The van der Waals surface area contributed by atoms with Crippen molar-refractivity contribution in [3.05, 3.63) is 36.9 Å². The molecule has 2 aromatic rings. The second-order valence-electron chi connectivity index (χ2n) is 5.27. The Balaban J connectivity index is 1.60. The number of nitrogens with zero attached hydrogens (tertiary/aromatic N) is 4. The first-order valence-electron chi connectivity index (χ1n) is 7.12. The third kappa shape index (κ3) is 2.88. The van der Waals surface area contributed by atoms with Crippen LogP contribution in [0.4, 0.5) is 0 Å². The number of likely N-dealkylation sites (N-methyl/N-ethyl adjacent to an activating group) is 1. The van der Waals surface area contributed by atoms with Gasteiger partial charge in [-0.15, -0.1) is 0 Å². The summed E-state index contributed by atoms with van der Waals surface area (Å²) in [6.07, 6.45) is 2.76. The Bertz CT molecular complexity index is 644. The monoisotopic (exact) mass is 302 g/mol. The lowest BCUT2D eigenvalue weighted by molar-refractivity contribution is -0.134. The van der Waals surface area contributed by atoms with Gasteiger partial charge >= 0.3 is 0 Å². The largest absolute Gasteiger partial charge is 0.486 e. The van der Waals surface area contributed by atoms with Crippen LogP contribution in [0, 0.1) is 0 Å². The summed E-state index contributed by atoms with van der Waals surface area (Å²) in [7, 11) is 1.75. The van der Waals surface area contributed by atoms with E-state index in [2.05, 4.69) is 10.1 Å². The standard InChI is InChI=1S/C15H18N4O3/c1-11(19-10-16-9-17-19)15(20)18(2)7-12-8-21-13-5-3-4-6-14(13)22-12/h3-6,9-12H,7-8H2,1-2H3/t11-,12+/m0/s1. The van der Waals surface area contributed by atoms with E-state index in [4.69, 9.17) is 9.47 Å². The highest BCUT2D eigenvalue weighted by molar-refractivity contribution is 5.79. The van der Waals surface area contributed by atoms with Crippen molar-refractivity contribution in [3.8, 4) is 11.5 Å². The second kappa shape index (κ2) is 6.05. The molecule has 2 heterocycles. The minimum Gasteiger partial charge on any atom is -0.486 e. The summed E-state index contributed by atoms with van der Waals surface area (Å²) in [5.41, 5.74) is 0. The van der Waals surface area contributed by atoms with Gasteiger partial charge in [-0.3, -0.25) is 4.79 Å². The summed E-state index contributed by atoms with van der Waals surface area (Å²) >= 11 is 0. The van der Waals surface area contributed by atoms with E-state index in [1.54, 1.807) is 18.9 Å². The van der Waals surface area contributed by atoms with E-state index in [0.717, 1.165) is 5.75 Å². The number of aromatic nitrogens is 3. The maximum atomic E-state index is 12.4. The van der Waals surface area contributed by atoms with Crippen LogP contribution in [0.5, 0.6) is 11.5 Å². The van der Waals surface area contributed by atoms with Crippen LogP contribution in [0.2, 0.25) is 0 Å². The Morgan fingerprint density at radius 1 is 1.45 bits per heavy atom. The second-order valence-corrected chi connectivity index (χ2v) is 5.27. The number of carbonyl (C=O) groups excluding carboxylic acids is 1. The van der Waals surface area contributed by atoms with Crippen LogP contribution in [-0.2, 0) is 4.79 Å². The fourth-order valence-corrected chi connectivity index (χ4v) is 2.40. The van der Waals surface area contributed by atoms with Crippen LogP contribution in [0.1, 0.15) is 13.0 Å². The number of amides is 1. The quantitative estimate of drug-likeness (QED) is 0.847. The van der Waals surface area contributed by atoms with Crippen molar-refractivity contribution in [1.29, 1.82) is 0 Å². The van der Waals surface area contributed by atoms with Gasteiger partial charge in [0.2, 0.25) is 5.91 Å². The molecule has 0 bridgehead atoms. The van der Waals surface area contributed by atoms with Crippen molar-refractivity contribution in [2.24, 2.45) is 0 Å². The van der Waals surface area contributed by atoms with Crippen molar-refractivity contribution in [1.82, 2.24) is 19.7 Å². The van der Waals surface area contributed by atoms with E-state index < -0.39 is 6.04 Å². The van der Waals surface area contributed by atoms with E-state index in [1.807, 2.05) is 24.3 Å². The molecule has 116 valence electrons. The number of rotatable bonds is 4. The van der Waals surface area contributed by atoms with E-state index in [0.29, 0.717) is 18.9 Å². The molecule has 0 saturated carbocycles. The molecule has 0 saturated heterocycles. The van der Waals surface area contributed by atoms with Gasteiger partial charge in [0.05, 0.1) is 6.54 Å². The predicted molar refractivity (Wildman–Crippen MR) is 78.7 cm³/mol. The molecule has 1 aromatic heterocycles. The molecule has 1 aromatic carbocycles. The Kier molecular flexibility index (Phi) is 3.95. The van der Waals surface area contributed by atoms with Gasteiger partial charge in [-0.1, -0.05) is 12.1 Å². The molecule has 0 aliphatic carbocycles. The smallest absolute Gasteiger partial charge is 0.247 e. The Labute approximate surface area is 128 Å². The SMILES string of the molecule is C[C@@H](C(=O)N(C)C[C@@H]1COc2ccccc2O1)n1cncn1. The molecule has 3 rings (SSSR count). The Hall–Kier alpha value is -2.57. The third-order valence-corrected chi connectivity index (χ3v) is 3.61. The van der Waals surface area contributed by atoms with Gasteiger partial charge in [0.25, 0.3) is 0 Å². The molecule has 0 spiro atoms. The summed E-state index contributed by atoms with van der Waals surface area (Å²) in [6.45, 7) is 2.67. The molecule has 7 heteroatoms. The fourth-order valence-electron chi connectivity index (χ4n) is 2.40. The zero-order valence-corrected chi connectivity index (χ0v) is 12.5. The zero-order chi connectivity index (χ0) is 15.5. The lowest BCUT2D eigenvalue weighted by atomic mass is 10.2. The number of ether oxygens (including phenoxy) is 2. The molecular formula is C15H18N4O3. The van der Waals surface area contributed by atoms with Gasteiger partial charge in [0.15, 0.2) is 17.6 Å². The molecule has 2 atom stereocenters. The highest BCUT2D eigenvalue weighted by Gasteiger charge is 2.26. The van der Waals surface area contributed by atoms with Gasteiger partial charge < -0.3 is 14.4 Å². The van der Waals surface area contributed by atoms with Crippen molar-refractivity contribution < 1.29 is 14.3 Å². The van der Waals surface area contributed by atoms with Gasteiger partial charge in [0.1, 0.15) is 25.3 Å². The molecule has 1 amide bonds. The van der Waals surface area contributed by atoms with Crippen molar-refractivity contribution in [2.45, 2.75) is 19.1 Å². The number of fused-ring (bicyclic) bond motifs is 1. The first-order chi connectivity index (χ1) is 10.6. The van der Waals surface area contributed by atoms with Crippen molar-refractivity contribution in [3.63, 3.8) is 0 Å². The molecule has 1 aliphatic heterocycles. The van der Waals surface area contributed by atoms with Crippen molar-refractivity contribution in [2.75, 3.05) is 20.2 Å². The Morgan fingerprint density at radius 3 is 2.95 bits per heavy atom. The zero-order valence-electron chi connectivity index (χ0n) is 12.5. The van der Waals surface area contributed by atoms with E-state index >= 15 is 0 Å². The lowest BCUT2D eigenvalue weighted by Crippen LogP contribution is -2.43. The number of hydrogen-bond donors (Lipinski definition) is 0. The maximum absolute atomic E-state index is 12.4. The number of hydrogen-bond acceptors (Lipinski definition) is 5. The number of benzene rings is 1. The average molecular weight is 302 g/mol. The van der Waals surface area contributed by atoms with Gasteiger partial charge in [0, 0.05) is 7.05 Å². The molecule has 0 fully saturated rings.